The molecule has 3 aliphatic rings. The molecule has 2 fully saturated rings. The van der Waals surface area contributed by atoms with Crippen molar-refractivity contribution in [2.24, 2.45) is 17.3 Å². The third-order valence-electron chi connectivity index (χ3n) is 7.27. The average molecular weight is 373 g/mol. The number of nitrogens with zero attached hydrogens (tertiary/aromatic N) is 2. The maximum Gasteiger partial charge on any atom is 0.331 e. The van der Waals surface area contributed by atoms with E-state index in [1.165, 1.54) is 51.4 Å². The Bertz CT molecular complexity index is 790. The molecule has 0 spiro atoms. The summed E-state index contributed by atoms with van der Waals surface area (Å²) >= 11 is 0. The third-order valence-corrected chi connectivity index (χ3v) is 7.27. The van der Waals surface area contributed by atoms with Crippen molar-refractivity contribution in [3.05, 3.63) is 32.1 Å². The van der Waals surface area contributed by atoms with Crippen LogP contribution in [0.25, 0.3) is 0 Å². The smallest absolute Gasteiger partial charge is 0.297 e. The topological polar surface area (TPSA) is 44.0 Å². The van der Waals surface area contributed by atoms with Crippen LogP contribution in [0.4, 0.5) is 0 Å². The maximum absolute atomic E-state index is 13.4. The molecule has 4 heteroatoms. The zero-order chi connectivity index (χ0) is 19.0. The summed E-state index contributed by atoms with van der Waals surface area (Å²) < 4.78 is 3.66. The summed E-state index contributed by atoms with van der Waals surface area (Å²) in [6.45, 7) is 5.92. The van der Waals surface area contributed by atoms with Crippen molar-refractivity contribution in [3.63, 3.8) is 0 Å². The Balaban J connectivity index is 1.72. The van der Waals surface area contributed by atoms with E-state index in [0.717, 1.165) is 43.5 Å². The summed E-state index contributed by atoms with van der Waals surface area (Å²) in [5, 5.41) is 0. The van der Waals surface area contributed by atoms with E-state index >= 15 is 0 Å². The second kappa shape index (κ2) is 7.60. The molecule has 0 aromatic carbocycles. The zero-order valence-electron chi connectivity index (χ0n) is 17.3. The number of hydrogen-bond donors (Lipinski definition) is 0. The summed E-state index contributed by atoms with van der Waals surface area (Å²) in [4.78, 5) is 26.7. The quantitative estimate of drug-likeness (QED) is 0.791. The highest BCUT2D eigenvalue weighted by atomic mass is 16.2. The van der Waals surface area contributed by atoms with Gasteiger partial charge in [-0.15, -0.1) is 0 Å². The highest BCUT2D eigenvalue weighted by Gasteiger charge is 2.35. The van der Waals surface area contributed by atoms with Gasteiger partial charge in [0.05, 0.1) is 0 Å². The average Bonchev–Trinajstić information content (AvgIpc) is 3.00. The Morgan fingerprint density at radius 3 is 1.85 bits per heavy atom. The fourth-order valence-corrected chi connectivity index (χ4v) is 5.78. The summed E-state index contributed by atoms with van der Waals surface area (Å²) in [5.74, 6) is 1.10. The van der Waals surface area contributed by atoms with Crippen LogP contribution in [0, 0.1) is 17.3 Å². The van der Waals surface area contributed by atoms with Crippen LogP contribution in [0.1, 0.15) is 89.3 Å². The third kappa shape index (κ3) is 3.95. The van der Waals surface area contributed by atoms with Crippen molar-refractivity contribution in [1.29, 1.82) is 0 Å². The van der Waals surface area contributed by atoms with Gasteiger partial charge in [-0.2, -0.15) is 0 Å². The lowest BCUT2D eigenvalue weighted by atomic mass is 9.89. The fourth-order valence-electron chi connectivity index (χ4n) is 5.78. The lowest BCUT2D eigenvalue weighted by Crippen LogP contribution is -2.45. The van der Waals surface area contributed by atoms with E-state index < -0.39 is 0 Å². The molecule has 0 unspecified atom stereocenters. The van der Waals surface area contributed by atoms with Gasteiger partial charge in [-0.25, -0.2) is 4.79 Å². The molecule has 4 nitrogen and oxygen atoms in total. The van der Waals surface area contributed by atoms with Crippen LogP contribution in [0.5, 0.6) is 0 Å². The molecule has 1 heterocycles. The highest BCUT2D eigenvalue weighted by molar-refractivity contribution is 5.27. The Labute approximate surface area is 163 Å². The van der Waals surface area contributed by atoms with E-state index in [9.17, 15) is 9.59 Å². The highest BCUT2D eigenvalue weighted by Crippen LogP contribution is 2.35. The van der Waals surface area contributed by atoms with Crippen LogP contribution in [0.2, 0.25) is 0 Å². The van der Waals surface area contributed by atoms with Gasteiger partial charge in [0.15, 0.2) is 0 Å². The minimum Gasteiger partial charge on any atom is -0.297 e. The number of aromatic nitrogens is 2. The van der Waals surface area contributed by atoms with Gasteiger partial charge in [-0.1, -0.05) is 52.4 Å². The van der Waals surface area contributed by atoms with Gasteiger partial charge in [0.25, 0.3) is 5.56 Å². The molecule has 3 aliphatic carbocycles. The van der Waals surface area contributed by atoms with Crippen LogP contribution < -0.4 is 11.2 Å². The van der Waals surface area contributed by atoms with Gasteiger partial charge in [-0.3, -0.25) is 13.9 Å². The summed E-state index contributed by atoms with van der Waals surface area (Å²) in [5.41, 5.74) is 2.08. The first kappa shape index (κ1) is 19.0. The largest absolute Gasteiger partial charge is 0.331 e. The van der Waals surface area contributed by atoms with Crippen molar-refractivity contribution < 1.29 is 0 Å². The van der Waals surface area contributed by atoms with Gasteiger partial charge in [-0.05, 0) is 55.8 Å². The van der Waals surface area contributed by atoms with Gasteiger partial charge < -0.3 is 0 Å². The molecule has 0 bridgehead atoms. The normalized spacial score (nSPS) is 23.5. The van der Waals surface area contributed by atoms with E-state index in [1.807, 2.05) is 4.57 Å². The molecule has 1 aromatic heterocycles. The predicted octanol–water partition coefficient (Wildman–Crippen LogP) is 4.30. The standard InChI is InChI=1S/C23H36N2O2/c1-23(2)13-19-20(14-23)24(15-17-9-5-3-6-10-17)22(27)25(21(19)26)16-18-11-7-4-8-12-18/h17-18H,3-16H2,1-2H3. The number of hydrogen-bond acceptors (Lipinski definition) is 2. The molecule has 27 heavy (non-hydrogen) atoms. The Morgan fingerprint density at radius 1 is 0.778 bits per heavy atom. The zero-order valence-corrected chi connectivity index (χ0v) is 17.3. The summed E-state index contributed by atoms with van der Waals surface area (Å²) in [6, 6.07) is 0. The van der Waals surface area contributed by atoms with Crippen LogP contribution >= 0.6 is 0 Å². The molecule has 0 atom stereocenters. The Hall–Kier alpha value is -1.32. The van der Waals surface area contributed by atoms with Crippen molar-refractivity contribution in [2.75, 3.05) is 0 Å². The van der Waals surface area contributed by atoms with Crippen LogP contribution in [0.15, 0.2) is 9.59 Å². The monoisotopic (exact) mass is 372 g/mol. The maximum atomic E-state index is 13.4. The summed E-state index contributed by atoms with van der Waals surface area (Å²) in [6.07, 6.45) is 14.2. The van der Waals surface area contributed by atoms with E-state index in [-0.39, 0.29) is 16.7 Å². The molecule has 0 saturated heterocycles. The van der Waals surface area contributed by atoms with Crippen molar-refractivity contribution in [2.45, 2.75) is 104 Å². The second-order valence-corrected chi connectivity index (χ2v) is 10.3. The molecule has 4 rings (SSSR count). The molecular weight excluding hydrogens is 336 g/mol. The summed E-state index contributed by atoms with van der Waals surface area (Å²) in [7, 11) is 0. The first-order valence-electron chi connectivity index (χ1n) is 11.3. The number of rotatable bonds is 4. The first-order valence-corrected chi connectivity index (χ1v) is 11.3. The van der Waals surface area contributed by atoms with E-state index in [1.54, 1.807) is 4.57 Å². The van der Waals surface area contributed by atoms with E-state index in [0.29, 0.717) is 18.4 Å². The minimum atomic E-state index is -0.0207. The molecule has 0 aliphatic heterocycles. The molecule has 150 valence electrons. The van der Waals surface area contributed by atoms with Crippen LogP contribution in [0.3, 0.4) is 0 Å². The van der Waals surface area contributed by atoms with Crippen molar-refractivity contribution in [3.8, 4) is 0 Å². The van der Waals surface area contributed by atoms with Gasteiger partial charge in [0.1, 0.15) is 0 Å². The lowest BCUT2D eigenvalue weighted by molar-refractivity contribution is 0.288. The van der Waals surface area contributed by atoms with E-state index in [2.05, 4.69) is 13.8 Å². The number of fused-ring (bicyclic) bond motifs is 1. The molecule has 0 radical (unpaired) electrons. The molecule has 2 saturated carbocycles. The van der Waals surface area contributed by atoms with Crippen molar-refractivity contribution >= 4 is 0 Å². The Kier molecular flexibility index (Phi) is 5.35. The van der Waals surface area contributed by atoms with E-state index in [4.69, 9.17) is 0 Å². The predicted molar refractivity (Wildman–Crippen MR) is 109 cm³/mol. The van der Waals surface area contributed by atoms with Gasteiger partial charge in [0.2, 0.25) is 0 Å². The molecular formula is C23H36N2O2. The van der Waals surface area contributed by atoms with Gasteiger partial charge in [0, 0.05) is 24.3 Å². The molecule has 0 N–H and O–H groups in total. The van der Waals surface area contributed by atoms with Gasteiger partial charge >= 0.3 is 5.69 Å². The van der Waals surface area contributed by atoms with Crippen molar-refractivity contribution in [1.82, 2.24) is 9.13 Å². The lowest BCUT2D eigenvalue weighted by Gasteiger charge is -2.26. The first-order chi connectivity index (χ1) is 12.9. The SMILES string of the molecule is CC1(C)Cc2c(n(CC3CCCCC3)c(=O)n(CC3CCCCC3)c2=O)C1. The van der Waals surface area contributed by atoms with Crippen LogP contribution in [-0.4, -0.2) is 9.13 Å². The fraction of sp³-hybridized carbons (Fsp3) is 0.826. The second-order valence-electron chi connectivity index (χ2n) is 10.3. The molecule has 0 amide bonds. The Morgan fingerprint density at radius 2 is 1.30 bits per heavy atom. The molecule has 1 aromatic rings. The van der Waals surface area contributed by atoms with Crippen LogP contribution in [-0.2, 0) is 25.9 Å². The minimum absolute atomic E-state index is 0.0195.